The van der Waals surface area contributed by atoms with Crippen molar-refractivity contribution < 1.29 is 21.6 Å². The highest BCUT2D eigenvalue weighted by Crippen LogP contribution is 2.26. The maximum absolute atomic E-state index is 12.1. The van der Waals surface area contributed by atoms with Gasteiger partial charge in [-0.2, -0.15) is 21.6 Å². The Labute approximate surface area is 97.1 Å². The number of rotatable bonds is 3. The van der Waals surface area contributed by atoms with E-state index in [1.54, 1.807) is 25.1 Å². The monoisotopic (exact) mass is 268 g/mol. The highest BCUT2D eigenvalue weighted by atomic mass is 32.2. The lowest BCUT2D eigenvalue weighted by Gasteiger charge is -2.15. The van der Waals surface area contributed by atoms with Crippen molar-refractivity contribution in [1.82, 2.24) is 0 Å². The molecular weight excluding hydrogens is 257 g/mol. The number of hydrogen-bond donors (Lipinski definition) is 1. The van der Waals surface area contributed by atoms with Crippen molar-refractivity contribution in [3.8, 4) is 0 Å². The quantitative estimate of drug-likeness (QED) is 0.912. The molecule has 0 atom stereocenters. The largest absolute Gasteiger partial charge is 0.516 e. The summed E-state index contributed by atoms with van der Waals surface area (Å²) in [7, 11) is -1.98. The number of alkyl halides is 3. The second-order valence-corrected chi connectivity index (χ2v) is 5.17. The van der Waals surface area contributed by atoms with Gasteiger partial charge in [0.2, 0.25) is 0 Å². The van der Waals surface area contributed by atoms with Crippen LogP contribution in [0, 0.1) is 0 Å². The van der Waals surface area contributed by atoms with Crippen molar-refractivity contribution in [3.05, 3.63) is 24.3 Å². The van der Waals surface area contributed by atoms with Gasteiger partial charge in [-0.1, -0.05) is 6.07 Å². The molecule has 0 unspecified atom stereocenters. The second kappa shape index (κ2) is 4.44. The molecule has 1 aromatic rings. The number of nitrogens with zero attached hydrogens (tertiary/aromatic N) is 1. The number of benzene rings is 1. The van der Waals surface area contributed by atoms with E-state index in [0.717, 1.165) is 0 Å². The molecule has 0 spiro atoms. The van der Waals surface area contributed by atoms with E-state index in [0.29, 0.717) is 5.69 Å². The van der Waals surface area contributed by atoms with Crippen LogP contribution in [0.4, 0.5) is 24.5 Å². The zero-order valence-electron chi connectivity index (χ0n) is 9.12. The van der Waals surface area contributed by atoms with E-state index in [4.69, 9.17) is 0 Å². The van der Waals surface area contributed by atoms with Crippen LogP contribution in [0.3, 0.4) is 0 Å². The van der Waals surface area contributed by atoms with Gasteiger partial charge in [0.15, 0.2) is 0 Å². The second-order valence-electron chi connectivity index (χ2n) is 3.50. The first kappa shape index (κ1) is 13.6. The Bertz CT molecular complexity index is 497. The van der Waals surface area contributed by atoms with E-state index in [9.17, 15) is 21.6 Å². The van der Waals surface area contributed by atoms with Gasteiger partial charge in [0.1, 0.15) is 0 Å². The zero-order valence-corrected chi connectivity index (χ0v) is 9.93. The summed E-state index contributed by atoms with van der Waals surface area (Å²) in [6.45, 7) is 0. The summed E-state index contributed by atoms with van der Waals surface area (Å²) in [5.41, 5.74) is -4.86. The molecule has 0 heterocycles. The topological polar surface area (TPSA) is 49.4 Å². The molecule has 8 heteroatoms. The van der Waals surface area contributed by atoms with Crippen LogP contribution in [-0.4, -0.2) is 28.0 Å². The normalized spacial score (nSPS) is 12.3. The fourth-order valence-corrected chi connectivity index (χ4v) is 1.61. The van der Waals surface area contributed by atoms with E-state index in [2.05, 4.69) is 0 Å². The molecule has 0 fully saturated rings. The van der Waals surface area contributed by atoms with Crippen LogP contribution < -0.4 is 9.62 Å². The van der Waals surface area contributed by atoms with E-state index < -0.39 is 15.5 Å². The average molecular weight is 268 g/mol. The summed E-state index contributed by atoms with van der Waals surface area (Å²) in [5.74, 6) is 0. The van der Waals surface area contributed by atoms with Gasteiger partial charge in [-0.15, -0.1) is 0 Å². The molecule has 0 radical (unpaired) electrons. The summed E-state index contributed by atoms with van der Waals surface area (Å²) >= 11 is 0. The predicted octanol–water partition coefficient (Wildman–Crippen LogP) is 2.01. The minimum Gasteiger partial charge on any atom is -0.378 e. The lowest BCUT2D eigenvalue weighted by atomic mass is 10.3. The fraction of sp³-hybridized carbons (Fsp3) is 0.333. The number of nitrogens with one attached hydrogen (secondary N) is 1. The molecule has 1 aromatic carbocycles. The Kier molecular flexibility index (Phi) is 3.56. The van der Waals surface area contributed by atoms with E-state index in [1.807, 2.05) is 0 Å². The summed E-state index contributed by atoms with van der Waals surface area (Å²) in [5, 5.41) is 0. The highest BCUT2D eigenvalue weighted by Gasteiger charge is 2.46. The highest BCUT2D eigenvalue weighted by molar-refractivity contribution is 7.93. The molecule has 0 amide bonds. The van der Waals surface area contributed by atoms with E-state index in [-0.39, 0.29) is 5.69 Å². The molecule has 0 saturated heterocycles. The van der Waals surface area contributed by atoms with Gasteiger partial charge in [-0.05, 0) is 18.2 Å². The molecule has 17 heavy (non-hydrogen) atoms. The average Bonchev–Trinajstić information content (AvgIpc) is 2.15. The summed E-state index contributed by atoms with van der Waals surface area (Å²) < 4.78 is 59.5. The predicted molar refractivity (Wildman–Crippen MR) is 59.4 cm³/mol. The van der Waals surface area contributed by atoms with Gasteiger partial charge >= 0.3 is 15.5 Å². The molecule has 1 N–H and O–H groups in total. The standard InChI is InChI=1S/C9H11F3N2O2S/c1-14(2)8-5-3-4-7(6-8)13-17(15,16)9(10,11)12/h3-6,13H,1-2H3. The van der Waals surface area contributed by atoms with Crippen molar-refractivity contribution >= 4 is 21.4 Å². The van der Waals surface area contributed by atoms with Crippen molar-refractivity contribution in [2.45, 2.75) is 5.51 Å². The third-order valence-corrected chi connectivity index (χ3v) is 3.03. The van der Waals surface area contributed by atoms with Crippen molar-refractivity contribution in [3.63, 3.8) is 0 Å². The molecule has 0 aliphatic carbocycles. The first-order valence-corrected chi connectivity index (χ1v) is 5.98. The van der Waals surface area contributed by atoms with E-state index >= 15 is 0 Å². The van der Waals surface area contributed by atoms with Gasteiger partial charge < -0.3 is 4.90 Å². The van der Waals surface area contributed by atoms with Crippen LogP contribution in [0.15, 0.2) is 24.3 Å². The minimum atomic E-state index is -5.36. The smallest absolute Gasteiger partial charge is 0.378 e. The molecule has 4 nitrogen and oxygen atoms in total. The number of sulfonamides is 1. The van der Waals surface area contributed by atoms with Crippen molar-refractivity contribution in [2.24, 2.45) is 0 Å². The maximum Gasteiger partial charge on any atom is 0.516 e. The van der Waals surface area contributed by atoms with Crippen LogP contribution in [0.2, 0.25) is 0 Å². The zero-order chi connectivity index (χ0) is 13.3. The van der Waals surface area contributed by atoms with Gasteiger partial charge in [-0.3, -0.25) is 4.72 Å². The SMILES string of the molecule is CN(C)c1cccc(NS(=O)(=O)C(F)(F)F)c1. The molecule has 1 rings (SSSR count). The van der Waals surface area contributed by atoms with E-state index in [1.165, 1.54) is 22.9 Å². The van der Waals surface area contributed by atoms with Crippen LogP contribution in [0.25, 0.3) is 0 Å². The molecule has 96 valence electrons. The minimum absolute atomic E-state index is 0.131. The van der Waals surface area contributed by atoms with Crippen molar-refractivity contribution in [2.75, 3.05) is 23.7 Å². The third-order valence-electron chi connectivity index (χ3n) is 1.92. The van der Waals surface area contributed by atoms with Gasteiger partial charge in [-0.25, -0.2) is 0 Å². The van der Waals surface area contributed by atoms with Crippen molar-refractivity contribution in [1.29, 1.82) is 0 Å². The first-order chi connectivity index (χ1) is 7.63. The van der Waals surface area contributed by atoms with Gasteiger partial charge in [0.25, 0.3) is 0 Å². The molecule has 0 bridgehead atoms. The Balaban J connectivity index is 3.01. The first-order valence-electron chi connectivity index (χ1n) is 4.50. The molecule has 0 aliphatic heterocycles. The van der Waals surface area contributed by atoms with Crippen LogP contribution in [0.1, 0.15) is 0 Å². The Morgan fingerprint density at radius 3 is 2.29 bits per heavy atom. The Morgan fingerprint density at radius 2 is 1.82 bits per heavy atom. The van der Waals surface area contributed by atoms with Crippen LogP contribution >= 0.6 is 0 Å². The third kappa shape index (κ3) is 3.26. The lowest BCUT2D eigenvalue weighted by molar-refractivity contribution is -0.0429. The number of hydrogen-bond acceptors (Lipinski definition) is 3. The maximum atomic E-state index is 12.1. The summed E-state index contributed by atoms with van der Waals surface area (Å²) in [6.07, 6.45) is 0. The Morgan fingerprint density at radius 1 is 1.24 bits per heavy atom. The van der Waals surface area contributed by atoms with Crippen LogP contribution in [-0.2, 0) is 10.0 Å². The molecule has 0 aromatic heterocycles. The number of anilines is 2. The summed E-state index contributed by atoms with van der Waals surface area (Å²) in [6, 6.07) is 5.66. The molecule has 0 aliphatic rings. The molecule has 0 saturated carbocycles. The summed E-state index contributed by atoms with van der Waals surface area (Å²) in [4.78, 5) is 1.64. The fourth-order valence-electron chi connectivity index (χ4n) is 1.06. The Hall–Kier alpha value is -1.44. The van der Waals surface area contributed by atoms with Crippen LogP contribution in [0.5, 0.6) is 0 Å². The molecular formula is C9H11F3N2O2S. The van der Waals surface area contributed by atoms with Gasteiger partial charge in [0.05, 0.1) is 5.69 Å². The number of halogens is 3. The lowest BCUT2D eigenvalue weighted by Crippen LogP contribution is -2.29. The van der Waals surface area contributed by atoms with Gasteiger partial charge in [0, 0.05) is 19.8 Å².